The van der Waals surface area contributed by atoms with E-state index >= 15 is 0 Å². The number of anilines is 1. The number of rotatable bonds is 7. The maximum Gasteiger partial charge on any atom is 0.239 e. The van der Waals surface area contributed by atoms with E-state index in [1.165, 1.54) is 32.1 Å². The van der Waals surface area contributed by atoms with Crippen LogP contribution in [-0.2, 0) is 4.79 Å². The van der Waals surface area contributed by atoms with Crippen molar-refractivity contribution in [2.75, 3.05) is 25.0 Å². The number of piperidine rings is 1. The Kier molecular flexibility index (Phi) is 6.62. The molecule has 156 valence electrons. The number of amides is 1. The van der Waals surface area contributed by atoms with Gasteiger partial charge in [-0.3, -0.25) is 9.69 Å². The normalized spacial score (nSPS) is 20.8. The lowest BCUT2D eigenvalue weighted by Gasteiger charge is -2.34. The summed E-state index contributed by atoms with van der Waals surface area (Å²) in [6, 6.07) is 12.4. The minimum absolute atomic E-state index is 0.00936. The quantitative estimate of drug-likeness (QED) is 0.749. The Morgan fingerprint density at radius 3 is 2.62 bits per heavy atom. The highest BCUT2D eigenvalue weighted by Gasteiger charge is 2.25. The third-order valence-corrected chi connectivity index (χ3v) is 6.33. The molecular formula is C23H32N4O2. The molecule has 6 heteroatoms. The van der Waals surface area contributed by atoms with Gasteiger partial charge in [0.15, 0.2) is 0 Å². The molecule has 2 aliphatic rings. The van der Waals surface area contributed by atoms with Crippen LogP contribution in [0.5, 0.6) is 0 Å². The van der Waals surface area contributed by atoms with Gasteiger partial charge in [0.2, 0.25) is 5.91 Å². The molecule has 1 saturated heterocycles. The summed E-state index contributed by atoms with van der Waals surface area (Å²) in [5.41, 5.74) is 2.04. The monoisotopic (exact) mass is 396 g/mol. The molecule has 0 radical (unpaired) electrons. The molecule has 1 aliphatic carbocycles. The first-order chi connectivity index (χ1) is 14.2. The first-order valence-electron chi connectivity index (χ1n) is 11.0. The number of hydrogen-bond donors (Lipinski definition) is 2. The van der Waals surface area contributed by atoms with E-state index in [0.29, 0.717) is 18.5 Å². The van der Waals surface area contributed by atoms with Crippen LogP contribution in [0.2, 0.25) is 0 Å². The summed E-state index contributed by atoms with van der Waals surface area (Å²) in [6.45, 7) is 1.46. The molecule has 0 bridgehead atoms. The van der Waals surface area contributed by atoms with Gasteiger partial charge in [0.25, 0.3) is 0 Å². The van der Waals surface area contributed by atoms with Crippen molar-refractivity contribution < 1.29 is 9.90 Å². The molecule has 2 aromatic rings. The number of aliphatic hydroxyl groups excluding tert-OH is 1. The molecule has 4 rings (SSSR count). The zero-order valence-electron chi connectivity index (χ0n) is 17.1. The molecule has 1 aromatic heterocycles. The van der Waals surface area contributed by atoms with Gasteiger partial charge in [-0.05, 0) is 50.8 Å². The Labute approximate surface area is 172 Å². The molecule has 1 aliphatic heterocycles. The average Bonchev–Trinajstić information content (AvgIpc) is 3.40. The van der Waals surface area contributed by atoms with Gasteiger partial charge < -0.3 is 10.4 Å². The van der Waals surface area contributed by atoms with Crippen molar-refractivity contribution in [3.63, 3.8) is 0 Å². The lowest BCUT2D eigenvalue weighted by molar-refractivity contribution is -0.118. The summed E-state index contributed by atoms with van der Waals surface area (Å²) in [4.78, 5) is 15.1. The zero-order valence-corrected chi connectivity index (χ0v) is 17.1. The second kappa shape index (κ2) is 9.55. The molecular weight excluding hydrogens is 364 g/mol. The highest BCUT2D eigenvalue weighted by Crippen LogP contribution is 2.35. The van der Waals surface area contributed by atoms with Crippen LogP contribution >= 0.6 is 0 Å². The number of hydrogen-bond acceptors (Lipinski definition) is 4. The number of carbonyl (C=O) groups is 1. The lowest BCUT2D eigenvalue weighted by Crippen LogP contribution is -2.44. The van der Waals surface area contributed by atoms with Crippen molar-refractivity contribution in [2.45, 2.75) is 63.3 Å². The van der Waals surface area contributed by atoms with E-state index in [1.807, 2.05) is 35.0 Å². The Hall–Kier alpha value is -2.18. The summed E-state index contributed by atoms with van der Waals surface area (Å²) in [5.74, 6) is 1.23. The van der Waals surface area contributed by atoms with Gasteiger partial charge in [0.05, 0.1) is 17.9 Å². The minimum atomic E-state index is -0.00936. The minimum Gasteiger partial charge on any atom is -0.396 e. The number of likely N-dealkylation sites (tertiary alicyclic amines) is 1. The Bertz CT molecular complexity index is 796. The topological polar surface area (TPSA) is 70.4 Å². The molecule has 1 amide bonds. The Morgan fingerprint density at radius 2 is 1.86 bits per heavy atom. The van der Waals surface area contributed by atoms with E-state index in [0.717, 1.165) is 43.0 Å². The van der Waals surface area contributed by atoms with Crippen molar-refractivity contribution in [1.82, 2.24) is 14.7 Å². The van der Waals surface area contributed by atoms with Crippen LogP contribution in [0.1, 0.15) is 63.0 Å². The number of carbonyl (C=O) groups excluding carboxylic acids is 1. The van der Waals surface area contributed by atoms with Gasteiger partial charge >= 0.3 is 0 Å². The fourth-order valence-corrected chi connectivity index (χ4v) is 4.79. The van der Waals surface area contributed by atoms with Crippen molar-refractivity contribution >= 4 is 11.7 Å². The second-order valence-corrected chi connectivity index (χ2v) is 8.36. The Balaban J connectivity index is 1.51. The summed E-state index contributed by atoms with van der Waals surface area (Å²) in [7, 11) is 0. The van der Waals surface area contributed by atoms with Crippen LogP contribution in [0.25, 0.3) is 5.69 Å². The van der Waals surface area contributed by atoms with Gasteiger partial charge in [0.1, 0.15) is 5.82 Å². The predicted molar refractivity (Wildman–Crippen MR) is 114 cm³/mol. The SMILES string of the molecule is O=C(CN1CCCCC1CCO)Nc1cc(C2CCCC2)nn1-c1ccccc1. The van der Waals surface area contributed by atoms with Crippen LogP contribution in [-0.4, -0.2) is 51.4 Å². The molecule has 2 N–H and O–H groups in total. The highest BCUT2D eigenvalue weighted by atomic mass is 16.3. The van der Waals surface area contributed by atoms with Crippen LogP contribution < -0.4 is 5.32 Å². The van der Waals surface area contributed by atoms with Crippen LogP contribution in [0.4, 0.5) is 5.82 Å². The van der Waals surface area contributed by atoms with Crippen LogP contribution in [0.3, 0.4) is 0 Å². The fourth-order valence-electron chi connectivity index (χ4n) is 4.79. The lowest BCUT2D eigenvalue weighted by atomic mass is 10.00. The van der Waals surface area contributed by atoms with Crippen molar-refractivity contribution in [3.8, 4) is 5.69 Å². The predicted octanol–water partition coefficient (Wildman–Crippen LogP) is 3.71. The van der Waals surface area contributed by atoms with Gasteiger partial charge in [-0.2, -0.15) is 5.10 Å². The molecule has 2 fully saturated rings. The van der Waals surface area contributed by atoms with Gasteiger partial charge in [-0.25, -0.2) is 4.68 Å². The van der Waals surface area contributed by atoms with Gasteiger partial charge in [-0.1, -0.05) is 37.5 Å². The average molecular weight is 397 g/mol. The first-order valence-corrected chi connectivity index (χ1v) is 11.0. The smallest absolute Gasteiger partial charge is 0.239 e. The molecule has 2 heterocycles. The third-order valence-electron chi connectivity index (χ3n) is 6.33. The van der Waals surface area contributed by atoms with Crippen molar-refractivity contribution in [2.24, 2.45) is 0 Å². The van der Waals surface area contributed by atoms with Crippen molar-refractivity contribution in [3.05, 3.63) is 42.1 Å². The van der Waals surface area contributed by atoms with E-state index < -0.39 is 0 Å². The number of nitrogens with zero attached hydrogens (tertiary/aromatic N) is 3. The van der Waals surface area contributed by atoms with E-state index in [-0.39, 0.29) is 12.5 Å². The standard InChI is InChI=1S/C23H32N4O2/c28-15-13-19-10-6-7-14-26(19)17-23(29)24-22-16-21(18-8-4-5-9-18)25-27(22)20-11-2-1-3-12-20/h1-3,11-12,16,18-19,28H,4-10,13-15,17H2,(H,24,29). The number of aliphatic hydroxyl groups is 1. The molecule has 29 heavy (non-hydrogen) atoms. The van der Waals surface area contributed by atoms with E-state index in [2.05, 4.69) is 16.3 Å². The molecule has 1 unspecified atom stereocenters. The second-order valence-electron chi connectivity index (χ2n) is 8.36. The molecule has 1 atom stereocenters. The zero-order chi connectivity index (χ0) is 20.1. The summed E-state index contributed by atoms with van der Waals surface area (Å²) < 4.78 is 1.87. The summed E-state index contributed by atoms with van der Waals surface area (Å²) in [6.07, 6.45) is 8.95. The molecule has 1 aromatic carbocycles. The molecule has 6 nitrogen and oxygen atoms in total. The molecule has 0 spiro atoms. The van der Waals surface area contributed by atoms with Gasteiger partial charge in [0, 0.05) is 24.6 Å². The van der Waals surface area contributed by atoms with Gasteiger partial charge in [-0.15, -0.1) is 0 Å². The van der Waals surface area contributed by atoms with Crippen LogP contribution in [0.15, 0.2) is 36.4 Å². The number of benzene rings is 1. The maximum absolute atomic E-state index is 12.9. The first kappa shape index (κ1) is 20.1. The largest absolute Gasteiger partial charge is 0.396 e. The number of para-hydroxylation sites is 1. The number of nitrogens with one attached hydrogen (secondary N) is 1. The Morgan fingerprint density at radius 1 is 1.10 bits per heavy atom. The molecule has 1 saturated carbocycles. The van der Waals surface area contributed by atoms with Crippen LogP contribution in [0, 0.1) is 0 Å². The van der Waals surface area contributed by atoms with E-state index in [9.17, 15) is 9.90 Å². The summed E-state index contributed by atoms with van der Waals surface area (Å²) >= 11 is 0. The van der Waals surface area contributed by atoms with E-state index in [4.69, 9.17) is 5.10 Å². The third kappa shape index (κ3) is 4.87. The summed E-state index contributed by atoms with van der Waals surface area (Å²) in [5, 5.41) is 17.3. The fraction of sp³-hybridized carbons (Fsp3) is 0.565. The maximum atomic E-state index is 12.9. The van der Waals surface area contributed by atoms with E-state index in [1.54, 1.807) is 0 Å². The highest BCUT2D eigenvalue weighted by molar-refractivity contribution is 5.91. The van der Waals surface area contributed by atoms with Crippen molar-refractivity contribution in [1.29, 1.82) is 0 Å². The number of aromatic nitrogens is 2.